The zero-order valence-corrected chi connectivity index (χ0v) is 10.9. The lowest BCUT2D eigenvalue weighted by atomic mass is 10.1. The van der Waals surface area contributed by atoms with Crippen LogP contribution in [0.4, 0.5) is 0 Å². The molecule has 3 aromatic rings. The number of benzene rings is 2. The van der Waals surface area contributed by atoms with Gasteiger partial charge in [-0.1, -0.05) is 33.6 Å². The van der Waals surface area contributed by atoms with Gasteiger partial charge in [0.2, 0.25) is 0 Å². The Balaban J connectivity index is 2.63. The lowest BCUT2D eigenvalue weighted by molar-refractivity contribution is 0.669. The van der Waals surface area contributed by atoms with Gasteiger partial charge in [0.25, 0.3) is 0 Å². The van der Waals surface area contributed by atoms with Crippen molar-refractivity contribution in [1.29, 1.82) is 0 Å². The molecule has 0 amide bonds. The maximum atomic E-state index is 6.18. The maximum absolute atomic E-state index is 6.18. The van der Waals surface area contributed by atoms with Crippen molar-refractivity contribution in [2.75, 3.05) is 0 Å². The molecule has 80 valence electrons. The van der Waals surface area contributed by atoms with E-state index < -0.39 is 0 Å². The van der Waals surface area contributed by atoms with Gasteiger partial charge < -0.3 is 4.42 Å². The average molecular weight is 296 g/mol. The van der Waals surface area contributed by atoms with E-state index in [4.69, 9.17) is 16.0 Å². The molecule has 1 heterocycles. The smallest absolute Gasteiger partial charge is 0.154 e. The average Bonchev–Trinajstić information content (AvgIpc) is 2.58. The molecule has 0 atom stereocenters. The normalized spacial score (nSPS) is 11.4. The second kappa shape index (κ2) is 3.51. The zero-order chi connectivity index (χ0) is 11.3. The Kier molecular flexibility index (Phi) is 2.23. The number of fused-ring (bicyclic) bond motifs is 3. The van der Waals surface area contributed by atoms with E-state index in [1.165, 1.54) is 0 Å². The highest BCUT2D eigenvalue weighted by molar-refractivity contribution is 9.10. The quantitative estimate of drug-likeness (QED) is 0.548. The molecule has 0 aliphatic heterocycles. The topological polar surface area (TPSA) is 13.1 Å². The SMILES string of the molecule is Cc1cc(Cl)c2oc3cccc(Br)c3c2c1. The third-order valence-corrected chi connectivity index (χ3v) is 3.59. The van der Waals surface area contributed by atoms with Gasteiger partial charge in [0.05, 0.1) is 5.02 Å². The van der Waals surface area contributed by atoms with E-state index in [1.807, 2.05) is 31.2 Å². The van der Waals surface area contributed by atoms with E-state index in [9.17, 15) is 0 Å². The van der Waals surface area contributed by atoms with Gasteiger partial charge in [-0.25, -0.2) is 0 Å². The molecule has 3 rings (SSSR count). The van der Waals surface area contributed by atoms with Gasteiger partial charge in [-0.3, -0.25) is 0 Å². The monoisotopic (exact) mass is 294 g/mol. The minimum Gasteiger partial charge on any atom is -0.454 e. The second-order valence-corrected chi connectivity index (χ2v) is 5.10. The predicted octanol–water partition coefficient (Wildman–Crippen LogP) is 5.31. The number of aryl methyl sites for hydroxylation is 1. The largest absolute Gasteiger partial charge is 0.454 e. The van der Waals surface area contributed by atoms with Gasteiger partial charge in [0.15, 0.2) is 5.58 Å². The molecule has 3 heteroatoms. The van der Waals surface area contributed by atoms with Crippen LogP contribution in [0.3, 0.4) is 0 Å². The minimum absolute atomic E-state index is 0.665. The number of halogens is 2. The first-order chi connectivity index (χ1) is 7.66. The second-order valence-electron chi connectivity index (χ2n) is 3.84. The summed E-state index contributed by atoms with van der Waals surface area (Å²) in [5, 5.41) is 2.81. The molecule has 0 bridgehead atoms. The van der Waals surface area contributed by atoms with E-state index in [0.29, 0.717) is 5.02 Å². The first-order valence-corrected chi connectivity index (χ1v) is 6.11. The number of hydrogen-bond acceptors (Lipinski definition) is 1. The molecule has 1 nitrogen and oxygen atoms in total. The Labute approximate surface area is 106 Å². The van der Waals surface area contributed by atoms with Crippen LogP contribution in [0.15, 0.2) is 39.2 Å². The van der Waals surface area contributed by atoms with Gasteiger partial charge >= 0.3 is 0 Å². The fraction of sp³-hybridized carbons (Fsp3) is 0.0769. The minimum atomic E-state index is 0.665. The summed E-state index contributed by atoms with van der Waals surface area (Å²) < 4.78 is 6.79. The number of furan rings is 1. The van der Waals surface area contributed by atoms with Crippen molar-refractivity contribution < 1.29 is 4.42 Å². The van der Waals surface area contributed by atoms with Crippen LogP contribution in [0.1, 0.15) is 5.56 Å². The van der Waals surface area contributed by atoms with Crippen molar-refractivity contribution in [1.82, 2.24) is 0 Å². The highest BCUT2D eigenvalue weighted by atomic mass is 79.9. The standard InChI is InChI=1S/C13H8BrClO/c1-7-5-8-12-9(14)3-2-4-11(12)16-13(8)10(15)6-7/h2-6H,1H3. The van der Waals surface area contributed by atoms with Crippen LogP contribution in [0.2, 0.25) is 5.02 Å². The molecule has 0 N–H and O–H groups in total. The van der Waals surface area contributed by atoms with Gasteiger partial charge in [-0.15, -0.1) is 0 Å². The van der Waals surface area contributed by atoms with Crippen molar-refractivity contribution in [3.63, 3.8) is 0 Å². The molecular weight excluding hydrogens is 287 g/mol. The van der Waals surface area contributed by atoms with Crippen LogP contribution in [0.5, 0.6) is 0 Å². The summed E-state index contributed by atoms with van der Waals surface area (Å²) >= 11 is 9.72. The fourth-order valence-corrected chi connectivity index (χ4v) is 2.85. The summed E-state index contributed by atoms with van der Waals surface area (Å²) in [7, 11) is 0. The summed E-state index contributed by atoms with van der Waals surface area (Å²) in [6, 6.07) is 9.92. The van der Waals surface area contributed by atoms with Gasteiger partial charge in [-0.05, 0) is 36.8 Å². The third-order valence-electron chi connectivity index (χ3n) is 2.64. The Morgan fingerprint density at radius 2 is 2.06 bits per heavy atom. The van der Waals surface area contributed by atoms with E-state index in [0.717, 1.165) is 32.0 Å². The lowest BCUT2D eigenvalue weighted by Gasteiger charge is -1.96. The molecule has 16 heavy (non-hydrogen) atoms. The number of hydrogen-bond donors (Lipinski definition) is 0. The Hall–Kier alpha value is -0.990. The lowest BCUT2D eigenvalue weighted by Crippen LogP contribution is -1.74. The van der Waals surface area contributed by atoms with Crippen LogP contribution >= 0.6 is 27.5 Å². The molecule has 0 aliphatic carbocycles. The summed E-state index contributed by atoms with van der Waals surface area (Å²) in [6.45, 7) is 2.03. The molecule has 1 aromatic heterocycles. The van der Waals surface area contributed by atoms with Crippen molar-refractivity contribution >= 4 is 49.5 Å². The molecule has 0 fully saturated rings. The maximum Gasteiger partial charge on any atom is 0.154 e. The Morgan fingerprint density at radius 3 is 2.88 bits per heavy atom. The van der Waals surface area contributed by atoms with Crippen molar-refractivity contribution in [3.8, 4) is 0 Å². The van der Waals surface area contributed by atoms with E-state index >= 15 is 0 Å². The molecule has 0 saturated carbocycles. The van der Waals surface area contributed by atoms with Crippen LogP contribution in [0.25, 0.3) is 21.9 Å². The van der Waals surface area contributed by atoms with Crippen LogP contribution in [-0.2, 0) is 0 Å². The molecule has 0 spiro atoms. The van der Waals surface area contributed by atoms with Gasteiger partial charge in [0.1, 0.15) is 5.58 Å². The summed E-state index contributed by atoms with van der Waals surface area (Å²) in [5.74, 6) is 0. The number of rotatable bonds is 0. The van der Waals surface area contributed by atoms with Crippen molar-refractivity contribution in [2.45, 2.75) is 6.92 Å². The fourth-order valence-electron chi connectivity index (χ4n) is 1.98. The summed E-state index contributed by atoms with van der Waals surface area (Å²) in [4.78, 5) is 0. The summed E-state index contributed by atoms with van der Waals surface area (Å²) in [5.41, 5.74) is 2.75. The molecule has 0 aliphatic rings. The summed E-state index contributed by atoms with van der Waals surface area (Å²) in [6.07, 6.45) is 0. The highest BCUT2D eigenvalue weighted by Crippen LogP contribution is 2.37. The zero-order valence-electron chi connectivity index (χ0n) is 8.55. The Bertz CT molecular complexity index is 700. The van der Waals surface area contributed by atoms with Crippen LogP contribution < -0.4 is 0 Å². The molecular formula is C13H8BrClO. The van der Waals surface area contributed by atoms with Crippen LogP contribution in [-0.4, -0.2) is 0 Å². The van der Waals surface area contributed by atoms with E-state index in [1.54, 1.807) is 0 Å². The first kappa shape index (κ1) is 10.2. The van der Waals surface area contributed by atoms with E-state index in [-0.39, 0.29) is 0 Å². The van der Waals surface area contributed by atoms with Crippen LogP contribution in [0, 0.1) is 6.92 Å². The first-order valence-electron chi connectivity index (χ1n) is 4.93. The molecule has 0 radical (unpaired) electrons. The molecule has 0 unspecified atom stereocenters. The highest BCUT2D eigenvalue weighted by Gasteiger charge is 2.12. The van der Waals surface area contributed by atoms with E-state index in [2.05, 4.69) is 22.0 Å². The predicted molar refractivity (Wildman–Crippen MR) is 71.2 cm³/mol. The van der Waals surface area contributed by atoms with Gasteiger partial charge in [0, 0.05) is 15.2 Å². The molecule has 2 aromatic carbocycles. The van der Waals surface area contributed by atoms with Crippen molar-refractivity contribution in [2.24, 2.45) is 0 Å². The Morgan fingerprint density at radius 1 is 1.25 bits per heavy atom. The van der Waals surface area contributed by atoms with Crippen molar-refractivity contribution in [3.05, 3.63) is 45.4 Å². The van der Waals surface area contributed by atoms with Gasteiger partial charge in [-0.2, -0.15) is 0 Å². The molecule has 0 saturated heterocycles. The third kappa shape index (κ3) is 1.37.